The molecular formula is C17H25NO2. The molecule has 1 aromatic carbocycles. The normalized spacial score (nSPS) is 26.5. The van der Waals surface area contributed by atoms with E-state index in [4.69, 9.17) is 10.5 Å². The molecule has 2 N–H and O–H groups in total. The molecular weight excluding hydrogens is 250 g/mol. The second kappa shape index (κ2) is 6.29. The van der Waals surface area contributed by atoms with Gasteiger partial charge in [-0.25, -0.2) is 0 Å². The van der Waals surface area contributed by atoms with Crippen molar-refractivity contribution in [2.45, 2.75) is 40.0 Å². The first-order valence-electron chi connectivity index (χ1n) is 7.55. The van der Waals surface area contributed by atoms with Gasteiger partial charge >= 0.3 is 5.97 Å². The number of esters is 1. The van der Waals surface area contributed by atoms with Crippen molar-refractivity contribution in [3.8, 4) is 5.75 Å². The Hall–Kier alpha value is -1.51. The summed E-state index contributed by atoms with van der Waals surface area (Å²) in [5.41, 5.74) is 6.36. The average Bonchev–Trinajstić information content (AvgIpc) is 2.40. The van der Waals surface area contributed by atoms with Crippen molar-refractivity contribution < 1.29 is 9.53 Å². The Morgan fingerprint density at radius 3 is 2.65 bits per heavy atom. The standard InChI is InChI=1S/C17H25NO2/c1-11(2)13-9-8-12(3)10-14(13)17(19)20-16-7-5-4-6-15(16)18/h4-7,11-14H,8-10,18H2,1-3H3. The van der Waals surface area contributed by atoms with Crippen molar-refractivity contribution >= 4 is 11.7 Å². The Labute approximate surface area is 121 Å². The van der Waals surface area contributed by atoms with Crippen molar-refractivity contribution in [2.24, 2.45) is 23.7 Å². The van der Waals surface area contributed by atoms with Gasteiger partial charge in [-0.05, 0) is 42.7 Å². The molecule has 110 valence electrons. The molecule has 0 radical (unpaired) electrons. The van der Waals surface area contributed by atoms with Crippen LogP contribution in [0.4, 0.5) is 5.69 Å². The maximum atomic E-state index is 12.5. The molecule has 0 heterocycles. The molecule has 0 spiro atoms. The molecule has 0 amide bonds. The molecule has 0 bridgehead atoms. The van der Waals surface area contributed by atoms with Gasteiger partial charge in [-0.15, -0.1) is 0 Å². The van der Waals surface area contributed by atoms with Gasteiger partial charge in [0.2, 0.25) is 0 Å². The lowest BCUT2D eigenvalue weighted by molar-refractivity contribution is -0.143. The number of rotatable bonds is 3. The highest BCUT2D eigenvalue weighted by atomic mass is 16.5. The van der Waals surface area contributed by atoms with Gasteiger partial charge in [0, 0.05) is 0 Å². The van der Waals surface area contributed by atoms with E-state index >= 15 is 0 Å². The highest BCUT2D eigenvalue weighted by molar-refractivity contribution is 5.77. The third kappa shape index (κ3) is 3.33. The van der Waals surface area contributed by atoms with Gasteiger partial charge in [-0.2, -0.15) is 0 Å². The molecule has 1 fully saturated rings. The van der Waals surface area contributed by atoms with Crippen LogP contribution in [0.2, 0.25) is 0 Å². The van der Waals surface area contributed by atoms with E-state index in [0.717, 1.165) is 12.8 Å². The first-order valence-corrected chi connectivity index (χ1v) is 7.55. The molecule has 1 aliphatic rings. The molecule has 0 saturated heterocycles. The Kier molecular flexibility index (Phi) is 4.69. The van der Waals surface area contributed by atoms with Gasteiger partial charge in [-0.3, -0.25) is 4.79 Å². The topological polar surface area (TPSA) is 52.3 Å². The zero-order valence-corrected chi connectivity index (χ0v) is 12.6. The lowest BCUT2D eigenvalue weighted by atomic mass is 9.70. The lowest BCUT2D eigenvalue weighted by Crippen LogP contribution is -2.35. The van der Waals surface area contributed by atoms with Crippen LogP contribution in [0.25, 0.3) is 0 Å². The Bertz CT molecular complexity index is 470. The third-order valence-corrected chi connectivity index (χ3v) is 4.45. The van der Waals surface area contributed by atoms with E-state index in [1.165, 1.54) is 6.42 Å². The number of hydrogen-bond acceptors (Lipinski definition) is 3. The number of para-hydroxylation sites is 2. The number of nitrogens with two attached hydrogens (primary N) is 1. The van der Waals surface area contributed by atoms with E-state index in [-0.39, 0.29) is 11.9 Å². The molecule has 1 saturated carbocycles. The molecule has 1 aliphatic carbocycles. The van der Waals surface area contributed by atoms with Gasteiger partial charge in [0.1, 0.15) is 0 Å². The fourth-order valence-corrected chi connectivity index (χ4v) is 3.23. The molecule has 0 aliphatic heterocycles. The van der Waals surface area contributed by atoms with Gasteiger partial charge in [0.05, 0.1) is 11.6 Å². The predicted octanol–water partition coefficient (Wildman–Crippen LogP) is 3.88. The van der Waals surface area contributed by atoms with Crippen molar-refractivity contribution in [1.29, 1.82) is 0 Å². The second-order valence-corrected chi connectivity index (χ2v) is 6.39. The molecule has 3 nitrogen and oxygen atoms in total. The van der Waals surface area contributed by atoms with Gasteiger partial charge in [0.15, 0.2) is 5.75 Å². The SMILES string of the molecule is CC1CCC(C(C)C)C(C(=O)Oc2ccccc2N)C1. The summed E-state index contributed by atoms with van der Waals surface area (Å²) in [4.78, 5) is 12.5. The van der Waals surface area contributed by atoms with Crippen LogP contribution < -0.4 is 10.5 Å². The minimum absolute atomic E-state index is 0.00152. The minimum atomic E-state index is -0.117. The molecule has 1 aromatic rings. The number of carbonyl (C=O) groups is 1. The van der Waals surface area contributed by atoms with Gasteiger partial charge in [-0.1, -0.05) is 39.3 Å². The molecule has 3 atom stereocenters. The molecule has 3 unspecified atom stereocenters. The Morgan fingerprint density at radius 2 is 2.00 bits per heavy atom. The lowest BCUT2D eigenvalue weighted by Gasteiger charge is -2.35. The highest BCUT2D eigenvalue weighted by Gasteiger charge is 2.36. The van der Waals surface area contributed by atoms with E-state index in [0.29, 0.717) is 29.2 Å². The van der Waals surface area contributed by atoms with E-state index in [1.807, 2.05) is 12.1 Å². The van der Waals surface area contributed by atoms with Gasteiger partial charge < -0.3 is 10.5 Å². The number of carbonyl (C=O) groups excluding carboxylic acids is 1. The summed E-state index contributed by atoms with van der Waals surface area (Å²) < 4.78 is 5.55. The van der Waals surface area contributed by atoms with Crippen LogP contribution in [0.15, 0.2) is 24.3 Å². The van der Waals surface area contributed by atoms with Crippen molar-refractivity contribution in [2.75, 3.05) is 5.73 Å². The first kappa shape index (κ1) is 14.9. The van der Waals surface area contributed by atoms with E-state index in [2.05, 4.69) is 20.8 Å². The Balaban J connectivity index is 2.11. The largest absolute Gasteiger partial charge is 0.424 e. The fraction of sp³-hybridized carbons (Fsp3) is 0.588. The van der Waals surface area contributed by atoms with Crippen LogP contribution >= 0.6 is 0 Å². The summed E-state index contributed by atoms with van der Waals surface area (Å²) in [5, 5.41) is 0. The maximum absolute atomic E-state index is 12.5. The third-order valence-electron chi connectivity index (χ3n) is 4.45. The summed E-state index contributed by atoms with van der Waals surface area (Å²) in [7, 11) is 0. The van der Waals surface area contributed by atoms with Crippen LogP contribution in [-0.2, 0) is 4.79 Å². The van der Waals surface area contributed by atoms with Crippen molar-refractivity contribution in [3.63, 3.8) is 0 Å². The van der Waals surface area contributed by atoms with Crippen LogP contribution in [0, 0.1) is 23.7 Å². The zero-order chi connectivity index (χ0) is 14.7. The van der Waals surface area contributed by atoms with E-state index < -0.39 is 0 Å². The van der Waals surface area contributed by atoms with Gasteiger partial charge in [0.25, 0.3) is 0 Å². The monoisotopic (exact) mass is 275 g/mol. The summed E-state index contributed by atoms with van der Waals surface area (Å²) in [6.45, 7) is 6.60. The van der Waals surface area contributed by atoms with Crippen LogP contribution in [0.1, 0.15) is 40.0 Å². The smallest absolute Gasteiger partial charge is 0.314 e. The predicted molar refractivity (Wildman–Crippen MR) is 81.3 cm³/mol. The average molecular weight is 275 g/mol. The number of hydrogen-bond donors (Lipinski definition) is 1. The Morgan fingerprint density at radius 1 is 1.30 bits per heavy atom. The number of nitrogen functional groups attached to an aromatic ring is 1. The van der Waals surface area contributed by atoms with E-state index in [9.17, 15) is 4.79 Å². The second-order valence-electron chi connectivity index (χ2n) is 6.39. The fourth-order valence-electron chi connectivity index (χ4n) is 3.23. The molecule has 3 heteroatoms. The van der Waals surface area contributed by atoms with Crippen molar-refractivity contribution in [1.82, 2.24) is 0 Å². The summed E-state index contributed by atoms with van der Waals surface area (Å²) in [6.07, 6.45) is 3.25. The molecule has 20 heavy (non-hydrogen) atoms. The summed E-state index contributed by atoms with van der Waals surface area (Å²) in [6, 6.07) is 7.19. The molecule has 0 aromatic heterocycles. The zero-order valence-electron chi connectivity index (χ0n) is 12.6. The van der Waals surface area contributed by atoms with E-state index in [1.54, 1.807) is 12.1 Å². The van der Waals surface area contributed by atoms with Crippen molar-refractivity contribution in [3.05, 3.63) is 24.3 Å². The highest BCUT2D eigenvalue weighted by Crippen LogP contribution is 2.39. The van der Waals surface area contributed by atoms with Crippen LogP contribution in [-0.4, -0.2) is 5.97 Å². The number of anilines is 1. The number of ether oxygens (including phenoxy) is 1. The quantitative estimate of drug-likeness (QED) is 0.517. The van der Waals surface area contributed by atoms with Crippen LogP contribution in [0.5, 0.6) is 5.75 Å². The van der Waals surface area contributed by atoms with Crippen LogP contribution in [0.3, 0.4) is 0 Å². The first-order chi connectivity index (χ1) is 9.49. The summed E-state index contributed by atoms with van der Waals surface area (Å²) in [5.74, 6) is 1.89. The molecule has 2 rings (SSSR count). The maximum Gasteiger partial charge on any atom is 0.314 e. The number of benzene rings is 1. The summed E-state index contributed by atoms with van der Waals surface area (Å²) >= 11 is 0. The minimum Gasteiger partial charge on any atom is -0.424 e.